The second-order valence-electron chi connectivity index (χ2n) is 14.5. The summed E-state index contributed by atoms with van der Waals surface area (Å²) in [6.07, 6.45) is 0. The molecule has 0 fully saturated rings. The van der Waals surface area contributed by atoms with Gasteiger partial charge in [-0.05, 0) is 119 Å². The van der Waals surface area contributed by atoms with Crippen LogP contribution in [0.5, 0.6) is 0 Å². The molecule has 0 unspecified atom stereocenters. The first-order chi connectivity index (χ1) is 25.5. The summed E-state index contributed by atoms with van der Waals surface area (Å²) < 4.78 is 0. The van der Waals surface area contributed by atoms with Crippen LogP contribution in [-0.2, 0) is 5.41 Å². The topological polar surface area (TPSA) is 3.24 Å². The monoisotopic (exact) mass is 663 g/mol. The SMILES string of the molecule is CC1(C)c2ccccc2-c2ccc(N(c3ccc(-c4cccc5ccccc45)cc3)c3ccc(-c4cc5ccccc5c5ccccc45)cc3)cc21. The zero-order valence-electron chi connectivity index (χ0n) is 29.3. The molecule has 0 spiro atoms. The van der Waals surface area contributed by atoms with Gasteiger partial charge in [-0.2, -0.15) is 0 Å². The lowest BCUT2D eigenvalue weighted by Gasteiger charge is -2.28. The van der Waals surface area contributed by atoms with E-state index in [0.717, 1.165) is 17.1 Å². The number of anilines is 3. The van der Waals surface area contributed by atoms with Crippen molar-refractivity contribution in [2.45, 2.75) is 19.3 Å². The van der Waals surface area contributed by atoms with E-state index in [4.69, 9.17) is 0 Å². The van der Waals surface area contributed by atoms with E-state index >= 15 is 0 Å². The highest BCUT2D eigenvalue weighted by Crippen LogP contribution is 2.51. The standard InChI is InChI=1S/C51H37N/c1-51(2)49-21-10-9-19-46(49)47-31-30-40(33-50(47)51)52(38-26-22-35(23-27-38)42-20-11-14-34-12-3-5-15-41(34)42)39-28-24-36(25-29-39)48-32-37-13-4-6-16-43(37)44-17-7-8-18-45(44)48/h3-33H,1-2H3. The van der Waals surface area contributed by atoms with E-state index in [0.29, 0.717) is 0 Å². The van der Waals surface area contributed by atoms with Crippen LogP contribution in [0, 0.1) is 0 Å². The summed E-state index contributed by atoms with van der Waals surface area (Å²) in [6.45, 7) is 4.71. The molecule has 10 rings (SSSR count). The fourth-order valence-corrected chi connectivity index (χ4v) is 8.63. The Morgan fingerprint density at radius 1 is 0.327 bits per heavy atom. The van der Waals surface area contributed by atoms with E-state index in [-0.39, 0.29) is 5.41 Å². The van der Waals surface area contributed by atoms with Gasteiger partial charge in [0.1, 0.15) is 0 Å². The average Bonchev–Trinajstić information content (AvgIpc) is 3.43. The van der Waals surface area contributed by atoms with Crippen LogP contribution < -0.4 is 4.90 Å². The largest absolute Gasteiger partial charge is 0.310 e. The van der Waals surface area contributed by atoms with E-state index in [1.807, 2.05) is 0 Å². The smallest absolute Gasteiger partial charge is 0.0465 e. The van der Waals surface area contributed by atoms with Gasteiger partial charge in [-0.25, -0.2) is 0 Å². The molecule has 1 aliphatic carbocycles. The summed E-state index contributed by atoms with van der Waals surface area (Å²) >= 11 is 0. The molecule has 0 aliphatic heterocycles. The fourth-order valence-electron chi connectivity index (χ4n) is 8.63. The summed E-state index contributed by atoms with van der Waals surface area (Å²) in [5.41, 5.74) is 13.7. The molecule has 52 heavy (non-hydrogen) atoms. The first-order valence-corrected chi connectivity index (χ1v) is 18.2. The van der Waals surface area contributed by atoms with Gasteiger partial charge in [0.25, 0.3) is 0 Å². The molecule has 0 N–H and O–H groups in total. The molecule has 246 valence electrons. The third kappa shape index (κ3) is 4.77. The number of fused-ring (bicyclic) bond motifs is 7. The van der Waals surface area contributed by atoms with Gasteiger partial charge in [0, 0.05) is 22.5 Å². The summed E-state index contributed by atoms with van der Waals surface area (Å²) in [7, 11) is 0. The molecule has 0 bridgehead atoms. The summed E-state index contributed by atoms with van der Waals surface area (Å²) in [6, 6.07) is 69.2. The maximum absolute atomic E-state index is 2.42. The van der Waals surface area contributed by atoms with Crippen LogP contribution in [0.4, 0.5) is 17.1 Å². The van der Waals surface area contributed by atoms with Crippen molar-refractivity contribution in [1.29, 1.82) is 0 Å². The van der Waals surface area contributed by atoms with E-state index < -0.39 is 0 Å². The average molecular weight is 664 g/mol. The lowest BCUT2D eigenvalue weighted by Crippen LogP contribution is -2.16. The fraction of sp³-hybridized carbons (Fsp3) is 0.0588. The highest BCUT2D eigenvalue weighted by Gasteiger charge is 2.35. The molecular formula is C51H37N. The summed E-state index contributed by atoms with van der Waals surface area (Å²) in [5.74, 6) is 0. The third-order valence-electron chi connectivity index (χ3n) is 11.3. The Morgan fingerprint density at radius 2 is 0.846 bits per heavy atom. The van der Waals surface area contributed by atoms with Crippen molar-refractivity contribution in [2.24, 2.45) is 0 Å². The Hall–Kier alpha value is -6.44. The highest BCUT2D eigenvalue weighted by molar-refractivity contribution is 6.13. The second-order valence-corrected chi connectivity index (χ2v) is 14.5. The molecule has 0 amide bonds. The predicted molar refractivity (Wildman–Crippen MR) is 222 cm³/mol. The molecule has 9 aromatic rings. The normalized spacial score (nSPS) is 13.0. The Labute approximate surface area is 305 Å². The lowest BCUT2D eigenvalue weighted by molar-refractivity contribution is 0.660. The van der Waals surface area contributed by atoms with Gasteiger partial charge >= 0.3 is 0 Å². The van der Waals surface area contributed by atoms with Gasteiger partial charge in [0.05, 0.1) is 0 Å². The minimum absolute atomic E-state index is 0.0904. The van der Waals surface area contributed by atoms with Gasteiger partial charge in [0.2, 0.25) is 0 Å². The first-order valence-electron chi connectivity index (χ1n) is 18.2. The Bertz CT molecular complexity index is 2800. The minimum atomic E-state index is -0.0904. The molecule has 0 atom stereocenters. The molecule has 0 aromatic heterocycles. The van der Waals surface area contributed by atoms with Gasteiger partial charge in [-0.15, -0.1) is 0 Å². The molecule has 9 aromatic carbocycles. The third-order valence-corrected chi connectivity index (χ3v) is 11.3. The summed E-state index contributed by atoms with van der Waals surface area (Å²) in [4.78, 5) is 2.41. The Balaban J connectivity index is 1.11. The van der Waals surface area contributed by atoms with Crippen molar-refractivity contribution in [1.82, 2.24) is 0 Å². The van der Waals surface area contributed by atoms with Gasteiger partial charge in [-0.3, -0.25) is 0 Å². The number of benzene rings is 9. The number of rotatable bonds is 5. The van der Waals surface area contributed by atoms with Gasteiger partial charge in [-0.1, -0.05) is 159 Å². The number of hydrogen-bond donors (Lipinski definition) is 0. The Kier molecular flexibility index (Phi) is 6.91. The van der Waals surface area contributed by atoms with Crippen molar-refractivity contribution < 1.29 is 0 Å². The van der Waals surface area contributed by atoms with Crippen molar-refractivity contribution >= 4 is 49.4 Å². The Morgan fingerprint density at radius 3 is 1.60 bits per heavy atom. The van der Waals surface area contributed by atoms with Crippen molar-refractivity contribution in [3.8, 4) is 33.4 Å². The van der Waals surface area contributed by atoms with E-state index in [2.05, 4.69) is 207 Å². The van der Waals surface area contributed by atoms with Crippen LogP contribution in [0.3, 0.4) is 0 Å². The van der Waals surface area contributed by atoms with Crippen LogP contribution >= 0.6 is 0 Å². The first kappa shape index (κ1) is 30.4. The highest BCUT2D eigenvalue weighted by atomic mass is 15.1. The van der Waals surface area contributed by atoms with Gasteiger partial charge in [0.15, 0.2) is 0 Å². The molecule has 1 aliphatic rings. The van der Waals surface area contributed by atoms with E-state index in [1.165, 1.54) is 76.8 Å². The van der Waals surface area contributed by atoms with Crippen molar-refractivity contribution in [3.63, 3.8) is 0 Å². The molecule has 0 heterocycles. The van der Waals surface area contributed by atoms with Crippen molar-refractivity contribution in [2.75, 3.05) is 4.90 Å². The van der Waals surface area contributed by atoms with Crippen LogP contribution in [0.25, 0.3) is 65.7 Å². The van der Waals surface area contributed by atoms with E-state index in [1.54, 1.807) is 0 Å². The van der Waals surface area contributed by atoms with Crippen LogP contribution in [0.2, 0.25) is 0 Å². The van der Waals surface area contributed by atoms with Crippen LogP contribution in [0.1, 0.15) is 25.0 Å². The molecule has 0 saturated heterocycles. The second kappa shape index (κ2) is 11.8. The number of hydrogen-bond acceptors (Lipinski definition) is 1. The number of nitrogens with zero attached hydrogens (tertiary/aromatic N) is 1. The lowest BCUT2D eigenvalue weighted by atomic mass is 9.82. The zero-order valence-corrected chi connectivity index (χ0v) is 29.3. The molecular weight excluding hydrogens is 627 g/mol. The molecule has 0 saturated carbocycles. The summed E-state index contributed by atoms with van der Waals surface area (Å²) in [5, 5.41) is 7.64. The van der Waals surface area contributed by atoms with Crippen LogP contribution in [-0.4, -0.2) is 0 Å². The maximum Gasteiger partial charge on any atom is 0.0465 e. The molecule has 1 heteroatoms. The quantitative estimate of drug-likeness (QED) is 0.166. The van der Waals surface area contributed by atoms with Crippen LogP contribution in [0.15, 0.2) is 188 Å². The zero-order chi connectivity index (χ0) is 34.8. The van der Waals surface area contributed by atoms with Crippen molar-refractivity contribution in [3.05, 3.63) is 199 Å². The molecule has 1 nitrogen and oxygen atoms in total. The molecule has 0 radical (unpaired) electrons. The minimum Gasteiger partial charge on any atom is -0.310 e. The maximum atomic E-state index is 2.42. The predicted octanol–water partition coefficient (Wildman–Crippen LogP) is 14.3. The van der Waals surface area contributed by atoms with Gasteiger partial charge < -0.3 is 4.90 Å². The van der Waals surface area contributed by atoms with E-state index in [9.17, 15) is 0 Å².